The van der Waals surface area contributed by atoms with Gasteiger partial charge in [0.05, 0.1) is 6.61 Å². The molecule has 2 rings (SSSR count). The maximum atomic E-state index is 5.84. The van der Waals surface area contributed by atoms with Crippen molar-refractivity contribution in [3.05, 3.63) is 65.7 Å². The topological polar surface area (TPSA) is 12.5 Å². The number of hydrogen-bond acceptors (Lipinski definition) is 2. The van der Waals surface area contributed by atoms with Gasteiger partial charge in [-0.05, 0) is 37.4 Å². The first kappa shape index (κ1) is 16.3. The zero-order valence-electron chi connectivity index (χ0n) is 13.7. The fourth-order valence-corrected chi connectivity index (χ4v) is 2.35. The Labute approximate surface area is 134 Å². The van der Waals surface area contributed by atoms with Crippen LogP contribution >= 0.6 is 0 Å². The molecule has 0 aliphatic carbocycles. The molecule has 0 aliphatic heterocycles. The van der Waals surface area contributed by atoms with Crippen LogP contribution in [0.3, 0.4) is 0 Å². The van der Waals surface area contributed by atoms with Crippen LogP contribution < -0.4 is 4.74 Å². The van der Waals surface area contributed by atoms with E-state index in [4.69, 9.17) is 4.74 Å². The summed E-state index contributed by atoms with van der Waals surface area (Å²) in [6, 6.07) is 18.6. The first-order valence-corrected chi connectivity index (χ1v) is 7.74. The number of ether oxygens (including phenoxy) is 1. The maximum absolute atomic E-state index is 5.84. The SMILES string of the molecule is C[C@@H](COc1ccc(/C=C\c2ccccc2)cc1)CN(C)C. The van der Waals surface area contributed by atoms with E-state index in [1.54, 1.807) is 0 Å². The lowest BCUT2D eigenvalue weighted by atomic mass is 10.1. The van der Waals surface area contributed by atoms with Gasteiger partial charge in [-0.3, -0.25) is 0 Å². The first-order valence-electron chi connectivity index (χ1n) is 7.74. The Morgan fingerprint density at radius 2 is 1.50 bits per heavy atom. The molecule has 2 aromatic rings. The fourth-order valence-electron chi connectivity index (χ4n) is 2.35. The second-order valence-corrected chi connectivity index (χ2v) is 5.99. The molecule has 2 nitrogen and oxygen atoms in total. The average molecular weight is 295 g/mol. The van der Waals surface area contributed by atoms with Gasteiger partial charge in [-0.2, -0.15) is 0 Å². The van der Waals surface area contributed by atoms with Crippen molar-refractivity contribution in [3.8, 4) is 5.75 Å². The minimum absolute atomic E-state index is 0.521. The molecular weight excluding hydrogens is 270 g/mol. The van der Waals surface area contributed by atoms with E-state index in [1.165, 1.54) is 11.1 Å². The van der Waals surface area contributed by atoms with Crippen LogP contribution in [0.25, 0.3) is 12.2 Å². The lowest BCUT2D eigenvalue weighted by Crippen LogP contribution is -2.24. The quantitative estimate of drug-likeness (QED) is 0.700. The molecular formula is C20H25NO. The molecule has 22 heavy (non-hydrogen) atoms. The van der Waals surface area contributed by atoms with Crippen molar-refractivity contribution >= 4 is 12.2 Å². The average Bonchev–Trinajstić information content (AvgIpc) is 2.52. The minimum Gasteiger partial charge on any atom is -0.493 e. The van der Waals surface area contributed by atoms with Crippen LogP contribution in [0.4, 0.5) is 0 Å². The Balaban J connectivity index is 1.86. The van der Waals surface area contributed by atoms with Crippen molar-refractivity contribution in [1.29, 1.82) is 0 Å². The molecule has 116 valence electrons. The Bertz CT molecular complexity index is 572. The number of nitrogens with zero attached hydrogens (tertiary/aromatic N) is 1. The van der Waals surface area contributed by atoms with Gasteiger partial charge in [0.25, 0.3) is 0 Å². The van der Waals surface area contributed by atoms with Gasteiger partial charge in [0.15, 0.2) is 0 Å². The van der Waals surface area contributed by atoms with Gasteiger partial charge in [-0.15, -0.1) is 0 Å². The molecule has 0 spiro atoms. The number of hydrogen-bond donors (Lipinski definition) is 0. The molecule has 0 radical (unpaired) electrons. The molecule has 0 aliphatic rings. The van der Waals surface area contributed by atoms with Gasteiger partial charge >= 0.3 is 0 Å². The highest BCUT2D eigenvalue weighted by atomic mass is 16.5. The van der Waals surface area contributed by atoms with Crippen LogP contribution in [0, 0.1) is 5.92 Å². The zero-order valence-corrected chi connectivity index (χ0v) is 13.7. The summed E-state index contributed by atoms with van der Waals surface area (Å²) in [7, 11) is 4.18. The highest BCUT2D eigenvalue weighted by Crippen LogP contribution is 2.15. The van der Waals surface area contributed by atoms with E-state index in [9.17, 15) is 0 Å². The van der Waals surface area contributed by atoms with Crippen LogP contribution in [0.15, 0.2) is 54.6 Å². The third kappa shape index (κ3) is 5.74. The molecule has 0 N–H and O–H groups in total. The van der Waals surface area contributed by atoms with Crippen LogP contribution in [0.5, 0.6) is 5.75 Å². The molecule has 0 saturated heterocycles. The van der Waals surface area contributed by atoms with Gasteiger partial charge in [-0.25, -0.2) is 0 Å². The van der Waals surface area contributed by atoms with Crippen LogP contribution in [-0.4, -0.2) is 32.1 Å². The summed E-state index contributed by atoms with van der Waals surface area (Å²) in [5.41, 5.74) is 2.39. The normalized spacial score (nSPS) is 12.7. The molecule has 1 atom stereocenters. The van der Waals surface area contributed by atoms with Gasteiger partial charge < -0.3 is 9.64 Å². The Morgan fingerprint density at radius 3 is 2.09 bits per heavy atom. The van der Waals surface area contributed by atoms with E-state index < -0.39 is 0 Å². The Kier molecular flexibility index (Phi) is 6.23. The highest BCUT2D eigenvalue weighted by Gasteiger charge is 2.04. The van der Waals surface area contributed by atoms with Crippen LogP contribution in [0.2, 0.25) is 0 Å². The number of rotatable bonds is 7. The summed E-state index contributed by atoms with van der Waals surface area (Å²) in [6.07, 6.45) is 4.24. The predicted molar refractivity (Wildman–Crippen MR) is 95.0 cm³/mol. The smallest absolute Gasteiger partial charge is 0.119 e. The van der Waals surface area contributed by atoms with Crippen molar-refractivity contribution in [3.63, 3.8) is 0 Å². The van der Waals surface area contributed by atoms with Gasteiger partial charge in [0.2, 0.25) is 0 Å². The largest absolute Gasteiger partial charge is 0.493 e. The van der Waals surface area contributed by atoms with E-state index in [2.05, 4.69) is 62.3 Å². The van der Waals surface area contributed by atoms with Gasteiger partial charge in [0.1, 0.15) is 5.75 Å². The van der Waals surface area contributed by atoms with E-state index >= 15 is 0 Å². The fraction of sp³-hybridized carbons (Fsp3) is 0.300. The van der Waals surface area contributed by atoms with E-state index in [0.29, 0.717) is 5.92 Å². The third-order valence-electron chi connectivity index (χ3n) is 3.36. The molecule has 0 unspecified atom stereocenters. The maximum Gasteiger partial charge on any atom is 0.119 e. The standard InChI is InChI=1S/C20H25NO/c1-17(15-21(2)3)16-22-20-13-11-19(12-14-20)10-9-18-7-5-4-6-8-18/h4-14,17H,15-16H2,1-3H3/b10-9-/t17-/m1/s1. The third-order valence-corrected chi connectivity index (χ3v) is 3.36. The van der Waals surface area contributed by atoms with E-state index in [-0.39, 0.29) is 0 Å². The molecule has 0 aromatic heterocycles. The second kappa shape index (κ2) is 8.40. The zero-order chi connectivity index (χ0) is 15.8. The summed E-state index contributed by atoms with van der Waals surface area (Å²) in [6.45, 7) is 3.99. The van der Waals surface area contributed by atoms with Crippen molar-refractivity contribution < 1.29 is 4.74 Å². The molecule has 2 heteroatoms. The predicted octanol–water partition coefficient (Wildman–Crippen LogP) is 4.43. The summed E-state index contributed by atoms with van der Waals surface area (Å²) in [5.74, 6) is 1.45. The van der Waals surface area contributed by atoms with Gasteiger partial charge in [0, 0.05) is 12.5 Å². The summed E-state index contributed by atoms with van der Waals surface area (Å²) in [5, 5.41) is 0. The lowest BCUT2D eigenvalue weighted by molar-refractivity contribution is 0.222. The molecule has 0 heterocycles. The summed E-state index contributed by atoms with van der Waals surface area (Å²) < 4.78 is 5.84. The Morgan fingerprint density at radius 1 is 0.909 bits per heavy atom. The van der Waals surface area contributed by atoms with Crippen molar-refractivity contribution in [2.75, 3.05) is 27.2 Å². The molecule has 0 fully saturated rings. The number of benzene rings is 2. The van der Waals surface area contributed by atoms with Crippen molar-refractivity contribution in [2.24, 2.45) is 5.92 Å². The Hall–Kier alpha value is -2.06. The van der Waals surface area contributed by atoms with Crippen molar-refractivity contribution in [1.82, 2.24) is 4.90 Å². The van der Waals surface area contributed by atoms with Gasteiger partial charge in [-0.1, -0.05) is 61.5 Å². The molecule has 0 saturated carbocycles. The molecule has 0 amide bonds. The van der Waals surface area contributed by atoms with Crippen LogP contribution in [0.1, 0.15) is 18.1 Å². The minimum atomic E-state index is 0.521. The molecule has 2 aromatic carbocycles. The van der Waals surface area contributed by atoms with Crippen molar-refractivity contribution in [2.45, 2.75) is 6.92 Å². The highest BCUT2D eigenvalue weighted by molar-refractivity contribution is 5.69. The van der Waals surface area contributed by atoms with E-state index in [1.807, 2.05) is 30.3 Å². The monoisotopic (exact) mass is 295 g/mol. The first-order chi connectivity index (χ1) is 10.6. The van der Waals surface area contributed by atoms with Crippen LogP contribution in [-0.2, 0) is 0 Å². The van der Waals surface area contributed by atoms with E-state index in [0.717, 1.165) is 18.9 Å². The molecule has 0 bridgehead atoms. The lowest BCUT2D eigenvalue weighted by Gasteiger charge is -2.17. The second-order valence-electron chi connectivity index (χ2n) is 5.99. The summed E-state index contributed by atoms with van der Waals surface area (Å²) in [4.78, 5) is 2.19. The summed E-state index contributed by atoms with van der Waals surface area (Å²) >= 11 is 0.